The van der Waals surface area contributed by atoms with Crippen molar-refractivity contribution in [1.82, 2.24) is 9.88 Å². The van der Waals surface area contributed by atoms with Gasteiger partial charge in [0.15, 0.2) is 5.76 Å². The van der Waals surface area contributed by atoms with Gasteiger partial charge in [0.1, 0.15) is 16.3 Å². The zero-order valence-corrected chi connectivity index (χ0v) is 13.7. The lowest BCUT2D eigenvalue weighted by atomic mass is 10.2. The van der Waals surface area contributed by atoms with Gasteiger partial charge < -0.3 is 9.26 Å². The number of nitrogens with one attached hydrogen (secondary N) is 1. The van der Waals surface area contributed by atoms with Gasteiger partial charge in [0.05, 0.1) is 6.61 Å². The van der Waals surface area contributed by atoms with Gasteiger partial charge >= 0.3 is 0 Å². The molecular formula is C15H20N2O4S. The van der Waals surface area contributed by atoms with Crippen LogP contribution in [0.25, 0.3) is 0 Å². The van der Waals surface area contributed by atoms with Gasteiger partial charge in [0, 0.05) is 6.54 Å². The van der Waals surface area contributed by atoms with Crippen LogP contribution in [0.1, 0.15) is 23.4 Å². The van der Waals surface area contributed by atoms with Crippen molar-refractivity contribution in [3.8, 4) is 5.75 Å². The lowest BCUT2D eigenvalue weighted by Gasteiger charge is -2.08. The van der Waals surface area contributed by atoms with Crippen LogP contribution in [0.15, 0.2) is 33.7 Å². The lowest BCUT2D eigenvalue weighted by molar-refractivity contribution is 0.311. The van der Waals surface area contributed by atoms with Gasteiger partial charge in [0.25, 0.3) is 0 Å². The molecule has 22 heavy (non-hydrogen) atoms. The summed E-state index contributed by atoms with van der Waals surface area (Å²) in [6, 6.07) is 7.73. The summed E-state index contributed by atoms with van der Waals surface area (Å²) in [5, 5.41) is 3.66. The van der Waals surface area contributed by atoms with Crippen LogP contribution in [0.4, 0.5) is 0 Å². The molecule has 0 spiro atoms. The summed E-state index contributed by atoms with van der Waals surface area (Å²) < 4.78 is 37.3. The van der Waals surface area contributed by atoms with Crippen LogP contribution in [0.2, 0.25) is 0 Å². The molecule has 1 aromatic heterocycles. The van der Waals surface area contributed by atoms with Gasteiger partial charge in [-0.2, -0.15) is 0 Å². The van der Waals surface area contributed by atoms with Gasteiger partial charge in [-0.1, -0.05) is 17.3 Å². The molecule has 0 aliphatic heterocycles. The van der Waals surface area contributed by atoms with Crippen molar-refractivity contribution in [2.75, 3.05) is 13.2 Å². The second-order valence-corrected chi connectivity index (χ2v) is 6.77. The highest BCUT2D eigenvalue weighted by Gasteiger charge is 2.23. The summed E-state index contributed by atoms with van der Waals surface area (Å²) in [5.41, 5.74) is 1.48. The molecule has 0 aliphatic carbocycles. The second kappa shape index (κ2) is 6.93. The summed E-state index contributed by atoms with van der Waals surface area (Å²) in [7, 11) is -3.59. The van der Waals surface area contributed by atoms with Crippen LogP contribution in [-0.4, -0.2) is 26.7 Å². The maximum absolute atomic E-state index is 12.2. The van der Waals surface area contributed by atoms with Gasteiger partial charge in [-0.25, -0.2) is 13.1 Å². The van der Waals surface area contributed by atoms with E-state index in [4.69, 9.17) is 9.26 Å². The fraction of sp³-hybridized carbons (Fsp3) is 0.400. The number of aryl methyl sites for hydroxylation is 3. The van der Waals surface area contributed by atoms with E-state index in [-0.39, 0.29) is 11.4 Å². The molecule has 2 rings (SSSR count). The second-order valence-electron chi connectivity index (χ2n) is 5.07. The Labute approximate surface area is 130 Å². The topological polar surface area (TPSA) is 81.4 Å². The number of ether oxygens (including phenoxy) is 1. The monoisotopic (exact) mass is 324 g/mol. The van der Waals surface area contributed by atoms with Crippen LogP contribution in [0.5, 0.6) is 5.75 Å². The zero-order valence-electron chi connectivity index (χ0n) is 12.9. The van der Waals surface area contributed by atoms with Gasteiger partial charge in [0.2, 0.25) is 10.0 Å². The van der Waals surface area contributed by atoms with Crippen LogP contribution in [-0.2, 0) is 10.0 Å². The molecule has 0 unspecified atom stereocenters. The molecule has 0 bridgehead atoms. The number of sulfonamides is 1. The first-order valence-electron chi connectivity index (χ1n) is 7.02. The molecule has 0 radical (unpaired) electrons. The third-order valence-electron chi connectivity index (χ3n) is 3.11. The maximum Gasteiger partial charge on any atom is 0.245 e. The Morgan fingerprint density at radius 3 is 2.68 bits per heavy atom. The minimum absolute atomic E-state index is 0.118. The molecule has 0 amide bonds. The molecule has 6 nitrogen and oxygen atoms in total. The van der Waals surface area contributed by atoms with Gasteiger partial charge in [-0.05, 0) is 44.9 Å². The van der Waals surface area contributed by atoms with E-state index >= 15 is 0 Å². The average Bonchev–Trinajstić information content (AvgIpc) is 2.78. The predicted molar refractivity (Wildman–Crippen MR) is 82.5 cm³/mol. The highest BCUT2D eigenvalue weighted by Crippen LogP contribution is 2.18. The summed E-state index contributed by atoms with van der Waals surface area (Å²) in [4.78, 5) is 0.118. The quantitative estimate of drug-likeness (QED) is 0.791. The first-order valence-corrected chi connectivity index (χ1v) is 8.50. The number of hydrogen-bond acceptors (Lipinski definition) is 5. The minimum atomic E-state index is -3.59. The largest absolute Gasteiger partial charge is 0.494 e. The van der Waals surface area contributed by atoms with E-state index in [2.05, 4.69) is 9.88 Å². The standard InChI is InChI=1S/C15H20N2O4S/c1-11-6-4-7-14(10-11)20-9-5-8-16-22(18,19)15-12(2)17-21-13(15)3/h4,6-7,10,16H,5,8-9H2,1-3H3. The lowest BCUT2D eigenvalue weighted by Crippen LogP contribution is -2.26. The Bertz CT molecular complexity index is 718. The molecule has 0 atom stereocenters. The highest BCUT2D eigenvalue weighted by atomic mass is 32.2. The van der Waals surface area contributed by atoms with E-state index in [0.29, 0.717) is 24.5 Å². The molecule has 0 saturated heterocycles. The molecular weight excluding hydrogens is 304 g/mol. The number of nitrogens with zero attached hydrogens (tertiary/aromatic N) is 1. The van der Waals surface area contributed by atoms with Crippen LogP contribution in [0, 0.1) is 20.8 Å². The Morgan fingerprint density at radius 2 is 2.05 bits per heavy atom. The Balaban J connectivity index is 1.81. The zero-order chi connectivity index (χ0) is 16.2. The van der Waals surface area contributed by atoms with Gasteiger partial charge in [-0.3, -0.25) is 0 Å². The average molecular weight is 324 g/mol. The molecule has 0 aliphatic rings. The molecule has 0 fully saturated rings. The summed E-state index contributed by atoms with van der Waals surface area (Å²) in [6.07, 6.45) is 0.566. The summed E-state index contributed by atoms with van der Waals surface area (Å²) in [6.45, 7) is 5.90. The van der Waals surface area contributed by atoms with Crippen LogP contribution >= 0.6 is 0 Å². The van der Waals surface area contributed by atoms with E-state index in [1.807, 2.05) is 31.2 Å². The van der Waals surface area contributed by atoms with Crippen molar-refractivity contribution in [1.29, 1.82) is 0 Å². The predicted octanol–water partition coefficient (Wildman–Crippen LogP) is 2.35. The molecule has 1 N–H and O–H groups in total. The van der Waals surface area contributed by atoms with Crippen LogP contribution in [0.3, 0.4) is 0 Å². The number of hydrogen-bond donors (Lipinski definition) is 1. The normalized spacial score (nSPS) is 11.6. The van der Waals surface area contributed by atoms with Gasteiger partial charge in [-0.15, -0.1) is 0 Å². The Morgan fingerprint density at radius 1 is 1.27 bits per heavy atom. The molecule has 1 aromatic carbocycles. The molecule has 2 aromatic rings. The van der Waals surface area contributed by atoms with Crippen molar-refractivity contribution >= 4 is 10.0 Å². The van der Waals surface area contributed by atoms with Crippen molar-refractivity contribution in [3.63, 3.8) is 0 Å². The fourth-order valence-electron chi connectivity index (χ4n) is 2.10. The third kappa shape index (κ3) is 4.08. The third-order valence-corrected chi connectivity index (χ3v) is 4.81. The molecule has 7 heteroatoms. The van der Waals surface area contributed by atoms with E-state index < -0.39 is 10.0 Å². The smallest absolute Gasteiger partial charge is 0.245 e. The maximum atomic E-state index is 12.2. The van der Waals surface area contributed by atoms with Crippen LogP contribution < -0.4 is 9.46 Å². The Hall–Kier alpha value is -1.86. The fourth-order valence-corrected chi connectivity index (χ4v) is 3.50. The van der Waals surface area contributed by atoms with E-state index in [1.165, 1.54) is 0 Å². The van der Waals surface area contributed by atoms with E-state index in [9.17, 15) is 8.42 Å². The van der Waals surface area contributed by atoms with Crippen molar-refractivity contribution in [2.24, 2.45) is 0 Å². The van der Waals surface area contributed by atoms with Crippen molar-refractivity contribution < 1.29 is 17.7 Å². The molecule has 120 valence electrons. The number of aromatic nitrogens is 1. The van der Waals surface area contributed by atoms with E-state index in [0.717, 1.165) is 11.3 Å². The van der Waals surface area contributed by atoms with E-state index in [1.54, 1.807) is 13.8 Å². The SMILES string of the molecule is Cc1cccc(OCCCNS(=O)(=O)c2c(C)noc2C)c1. The minimum Gasteiger partial charge on any atom is -0.494 e. The number of rotatable bonds is 7. The first kappa shape index (κ1) is 16.5. The summed E-state index contributed by atoms with van der Waals surface area (Å²) >= 11 is 0. The number of benzene rings is 1. The molecule has 1 heterocycles. The van der Waals surface area contributed by atoms with Crippen molar-refractivity contribution in [2.45, 2.75) is 32.1 Å². The van der Waals surface area contributed by atoms with Crippen molar-refractivity contribution in [3.05, 3.63) is 41.3 Å². The Kier molecular flexibility index (Phi) is 5.20. The first-order chi connectivity index (χ1) is 10.4. The highest BCUT2D eigenvalue weighted by molar-refractivity contribution is 7.89. The summed E-state index contributed by atoms with van der Waals surface area (Å²) in [5.74, 6) is 1.08. The molecule has 0 saturated carbocycles.